The van der Waals surface area contributed by atoms with E-state index in [1.807, 2.05) is 9.90 Å². The maximum atomic E-state index is 5.57. The van der Waals surface area contributed by atoms with Crippen molar-refractivity contribution in [1.29, 1.82) is 0 Å². The van der Waals surface area contributed by atoms with Crippen LogP contribution in [0.15, 0.2) is 5.38 Å². The van der Waals surface area contributed by atoms with Gasteiger partial charge in [-0.2, -0.15) is 9.61 Å². The minimum absolute atomic E-state index is 0.512. The summed E-state index contributed by atoms with van der Waals surface area (Å²) in [6.07, 6.45) is 5.79. The van der Waals surface area contributed by atoms with Gasteiger partial charge >= 0.3 is 0 Å². The lowest BCUT2D eigenvalue weighted by Crippen LogP contribution is -2.02. The molecule has 21 heavy (non-hydrogen) atoms. The highest BCUT2D eigenvalue weighted by atomic mass is 32.1. The first-order valence-electron chi connectivity index (χ1n) is 7.22. The second-order valence-electron chi connectivity index (χ2n) is 5.31. The SMILES string of the molecule is NCCc1nc(-c2nn3c(C4CCCC4)nnc3s2)cs1. The Labute approximate surface area is 130 Å². The summed E-state index contributed by atoms with van der Waals surface area (Å²) in [6.45, 7) is 0.629. The van der Waals surface area contributed by atoms with Gasteiger partial charge in [-0.1, -0.05) is 24.2 Å². The molecule has 1 aliphatic carbocycles. The Balaban J connectivity index is 1.69. The molecule has 0 spiro atoms. The third kappa shape index (κ3) is 2.37. The maximum absolute atomic E-state index is 5.57. The van der Waals surface area contributed by atoms with Crippen molar-refractivity contribution in [2.75, 3.05) is 6.54 Å². The van der Waals surface area contributed by atoms with E-state index in [4.69, 9.17) is 5.73 Å². The zero-order chi connectivity index (χ0) is 14.2. The van der Waals surface area contributed by atoms with Gasteiger partial charge in [0.2, 0.25) is 4.96 Å². The minimum atomic E-state index is 0.512. The monoisotopic (exact) mass is 320 g/mol. The fraction of sp³-hybridized carbons (Fsp3) is 0.538. The highest BCUT2D eigenvalue weighted by Gasteiger charge is 2.24. The van der Waals surface area contributed by atoms with Crippen molar-refractivity contribution in [3.63, 3.8) is 0 Å². The standard InChI is InChI=1S/C13H16N6S2/c14-6-5-10-15-9(7-20-10)12-18-19-11(8-3-1-2-4-8)16-17-13(19)21-12/h7-8H,1-6,14H2. The Bertz CT molecular complexity index is 752. The fourth-order valence-electron chi connectivity index (χ4n) is 2.82. The van der Waals surface area contributed by atoms with Crippen LogP contribution in [0, 0.1) is 0 Å². The molecule has 4 rings (SSSR count). The van der Waals surface area contributed by atoms with E-state index < -0.39 is 0 Å². The summed E-state index contributed by atoms with van der Waals surface area (Å²) < 4.78 is 1.91. The normalized spacial score (nSPS) is 16.2. The molecule has 0 aromatic carbocycles. The van der Waals surface area contributed by atoms with Crippen LogP contribution in [0.4, 0.5) is 0 Å². The molecule has 8 heteroatoms. The molecule has 3 aromatic rings. The van der Waals surface area contributed by atoms with Gasteiger partial charge in [0.1, 0.15) is 5.69 Å². The fourth-order valence-corrected chi connectivity index (χ4v) is 4.50. The van der Waals surface area contributed by atoms with Gasteiger partial charge in [0, 0.05) is 17.7 Å². The lowest BCUT2D eigenvalue weighted by molar-refractivity contribution is 0.641. The van der Waals surface area contributed by atoms with Crippen molar-refractivity contribution in [2.24, 2.45) is 5.73 Å². The van der Waals surface area contributed by atoms with Crippen molar-refractivity contribution in [2.45, 2.75) is 38.0 Å². The molecule has 6 nitrogen and oxygen atoms in total. The van der Waals surface area contributed by atoms with Crippen LogP contribution < -0.4 is 5.73 Å². The second-order valence-corrected chi connectivity index (χ2v) is 7.20. The molecule has 1 saturated carbocycles. The molecule has 0 unspecified atom stereocenters. The lowest BCUT2D eigenvalue weighted by Gasteiger charge is -2.03. The van der Waals surface area contributed by atoms with Gasteiger partial charge in [-0.05, 0) is 19.4 Å². The summed E-state index contributed by atoms with van der Waals surface area (Å²) in [4.78, 5) is 5.46. The summed E-state index contributed by atoms with van der Waals surface area (Å²) in [7, 11) is 0. The zero-order valence-corrected chi connectivity index (χ0v) is 13.2. The van der Waals surface area contributed by atoms with Crippen LogP contribution in [0.5, 0.6) is 0 Å². The smallest absolute Gasteiger partial charge is 0.235 e. The summed E-state index contributed by atoms with van der Waals surface area (Å²) in [5, 5.41) is 17.3. The van der Waals surface area contributed by atoms with E-state index in [2.05, 4.69) is 20.3 Å². The summed E-state index contributed by atoms with van der Waals surface area (Å²) in [6, 6.07) is 0. The number of fused-ring (bicyclic) bond motifs is 1. The molecule has 2 N–H and O–H groups in total. The van der Waals surface area contributed by atoms with E-state index in [0.717, 1.165) is 32.9 Å². The number of hydrogen-bond donors (Lipinski definition) is 1. The van der Waals surface area contributed by atoms with E-state index in [1.54, 1.807) is 22.7 Å². The minimum Gasteiger partial charge on any atom is -0.330 e. The largest absolute Gasteiger partial charge is 0.330 e. The Hall–Kier alpha value is -1.38. The Morgan fingerprint density at radius 1 is 1.29 bits per heavy atom. The van der Waals surface area contributed by atoms with Gasteiger partial charge in [0.05, 0.1) is 5.01 Å². The van der Waals surface area contributed by atoms with Crippen molar-refractivity contribution >= 4 is 27.6 Å². The average molecular weight is 320 g/mol. The Morgan fingerprint density at radius 3 is 2.95 bits per heavy atom. The van der Waals surface area contributed by atoms with Crippen molar-refractivity contribution in [3.8, 4) is 10.7 Å². The van der Waals surface area contributed by atoms with Gasteiger partial charge in [0.15, 0.2) is 10.8 Å². The van der Waals surface area contributed by atoms with E-state index in [1.165, 1.54) is 25.7 Å². The average Bonchev–Trinajstić information content (AvgIpc) is 3.22. The molecule has 0 aliphatic heterocycles. The number of nitrogens with zero attached hydrogens (tertiary/aromatic N) is 5. The summed E-state index contributed by atoms with van der Waals surface area (Å²) in [5.74, 6) is 1.53. The van der Waals surface area contributed by atoms with Crippen LogP contribution in [0.2, 0.25) is 0 Å². The number of rotatable bonds is 4. The third-order valence-corrected chi connectivity index (χ3v) is 5.69. The van der Waals surface area contributed by atoms with E-state index in [9.17, 15) is 0 Å². The maximum Gasteiger partial charge on any atom is 0.235 e. The van der Waals surface area contributed by atoms with Gasteiger partial charge in [-0.25, -0.2) is 4.98 Å². The molecular weight excluding hydrogens is 304 g/mol. The predicted octanol–water partition coefficient (Wildman–Crippen LogP) is 2.47. The van der Waals surface area contributed by atoms with Gasteiger partial charge in [-0.15, -0.1) is 21.5 Å². The summed E-state index contributed by atoms with van der Waals surface area (Å²) in [5.41, 5.74) is 6.50. The molecule has 110 valence electrons. The molecule has 0 amide bonds. The Kier molecular flexibility index (Phi) is 3.44. The third-order valence-electron chi connectivity index (χ3n) is 3.86. The van der Waals surface area contributed by atoms with Crippen LogP contribution in [0.1, 0.15) is 42.4 Å². The van der Waals surface area contributed by atoms with E-state index in [0.29, 0.717) is 12.5 Å². The highest BCUT2D eigenvalue weighted by molar-refractivity contribution is 7.20. The van der Waals surface area contributed by atoms with Crippen LogP contribution in [-0.2, 0) is 6.42 Å². The number of nitrogens with two attached hydrogens (primary N) is 1. The molecular formula is C13H16N6S2. The molecule has 0 radical (unpaired) electrons. The van der Waals surface area contributed by atoms with Gasteiger partial charge in [0.25, 0.3) is 0 Å². The first-order chi connectivity index (χ1) is 10.3. The molecule has 1 fully saturated rings. The predicted molar refractivity (Wildman–Crippen MR) is 83.7 cm³/mol. The van der Waals surface area contributed by atoms with Gasteiger partial charge in [-0.3, -0.25) is 0 Å². The van der Waals surface area contributed by atoms with E-state index >= 15 is 0 Å². The van der Waals surface area contributed by atoms with E-state index in [-0.39, 0.29) is 0 Å². The van der Waals surface area contributed by atoms with Crippen LogP contribution >= 0.6 is 22.7 Å². The molecule has 3 aromatic heterocycles. The van der Waals surface area contributed by atoms with Crippen molar-refractivity contribution in [3.05, 3.63) is 16.2 Å². The first kappa shape index (κ1) is 13.3. The topological polar surface area (TPSA) is 82.0 Å². The second kappa shape index (κ2) is 5.43. The first-order valence-corrected chi connectivity index (χ1v) is 8.92. The molecule has 0 bridgehead atoms. The van der Waals surface area contributed by atoms with Crippen LogP contribution in [0.3, 0.4) is 0 Å². The summed E-state index contributed by atoms with van der Waals surface area (Å²) >= 11 is 3.19. The molecule has 1 aliphatic rings. The number of aromatic nitrogens is 5. The zero-order valence-electron chi connectivity index (χ0n) is 11.5. The highest BCUT2D eigenvalue weighted by Crippen LogP contribution is 2.34. The van der Waals surface area contributed by atoms with Crippen LogP contribution in [-0.4, -0.2) is 31.3 Å². The molecule has 3 heterocycles. The number of hydrogen-bond acceptors (Lipinski definition) is 7. The van der Waals surface area contributed by atoms with Crippen LogP contribution in [0.25, 0.3) is 15.7 Å². The number of thiazole rings is 1. The van der Waals surface area contributed by atoms with Crippen molar-refractivity contribution in [1.82, 2.24) is 24.8 Å². The molecule has 0 atom stereocenters. The Morgan fingerprint density at radius 2 is 2.14 bits per heavy atom. The molecule has 0 saturated heterocycles. The van der Waals surface area contributed by atoms with Gasteiger partial charge < -0.3 is 5.73 Å². The van der Waals surface area contributed by atoms with Crippen molar-refractivity contribution < 1.29 is 0 Å². The quantitative estimate of drug-likeness (QED) is 0.798. The lowest BCUT2D eigenvalue weighted by atomic mass is 10.1.